The molecule has 5 nitrogen and oxygen atoms in total. The summed E-state index contributed by atoms with van der Waals surface area (Å²) in [6.45, 7) is 3.22. The van der Waals surface area contributed by atoms with E-state index in [0.29, 0.717) is 5.69 Å². The van der Waals surface area contributed by atoms with E-state index in [-0.39, 0.29) is 0 Å². The summed E-state index contributed by atoms with van der Waals surface area (Å²) in [6.07, 6.45) is 1.63. The molecule has 82 valence electrons. The van der Waals surface area contributed by atoms with Gasteiger partial charge in [0.1, 0.15) is 0 Å². The molecule has 6 heteroatoms. The molecule has 1 aromatic heterocycles. The molecule has 1 aliphatic rings. The number of rotatable bonds is 2. The smallest absolute Gasteiger partial charge is 0.154 e. The van der Waals surface area contributed by atoms with Crippen molar-refractivity contribution in [1.29, 1.82) is 0 Å². The Morgan fingerprint density at radius 3 is 2.87 bits per heavy atom. The molecule has 15 heavy (non-hydrogen) atoms. The Morgan fingerprint density at radius 1 is 1.47 bits per heavy atom. The number of hydrogen-bond donors (Lipinski definition) is 2. The molecule has 0 unspecified atom stereocenters. The lowest BCUT2D eigenvalue weighted by atomic mass is 10.4. The highest BCUT2D eigenvalue weighted by Gasteiger charge is 2.11. The minimum atomic E-state index is 0.648. The molecule has 1 fully saturated rings. The van der Waals surface area contributed by atoms with E-state index in [1.807, 2.05) is 6.07 Å². The molecule has 0 saturated carbocycles. The van der Waals surface area contributed by atoms with Gasteiger partial charge in [-0.25, -0.2) is 9.99 Å². The molecule has 0 aromatic carbocycles. The summed E-state index contributed by atoms with van der Waals surface area (Å²) in [6, 6.07) is 1.83. The van der Waals surface area contributed by atoms with Crippen molar-refractivity contribution in [3.63, 3.8) is 0 Å². The lowest BCUT2D eigenvalue weighted by Crippen LogP contribution is -2.40. The lowest BCUT2D eigenvalue weighted by Gasteiger charge is -2.27. The average molecular weight is 273 g/mol. The topological polar surface area (TPSA) is 63.4 Å². The quantitative estimate of drug-likeness (QED) is 0.844. The lowest BCUT2D eigenvalue weighted by molar-refractivity contribution is 0.0494. The number of ether oxygens (including phenoxy) is 1. The van der Waals surface area contributed by atoms with Gasteiger partial charge in [0.2, 0.25) is 0 Å². The Labute approximate surface area is 96.7 Å². The van der Waals surface area contributed by atoms with E-state index in [9.17, 15) is 0 Å². The van der Waals surface area contributed by atoms with Crippen LogP contribution in [0.2, 0.25) is 0 Å². The van der Waals surface area contributed by atoms with Crippen LogP contribution in [0.15, 0.2) is 16.7 Å². The highest BCUT2D eigenvalue weighted by molar-refractivity contribution is 9.10. The van der Waals surface area contributed by atoms with Gasteiger partial charge in [0.05, 0.1) is 29.6 Å². The van der Waals surface area contributed by atoms with E-state index in [2.05, 4.69) is 31.3 Å². The van der Waals surface area contributed by atoms with Crippen molar-refractivity contribution < 1.29 is 4.74 Å². The molecular formula is C9H13BrN4O. The molecule has 0 aliphatic carbocycles. The summed E-state index contributed by atoms with van der Waals surface area (Å²) < 4.78 is 6.12. The molecule has 0 spiro atoms. The fourth-order valence-electron chi connectivity index (χ4n) is 1.36. The standard InChI is InChI=1S/C9H13BrN4O/c10-8-5-7(11)6-12-9(8)13-14-1-3-15-4-2-14/h5-6H,1-4,11H2,(H,12,13). The first kappa shape index (κ1) is 10.7. The summed E-state index contributed by atoms with van der Waals surface area (Å²) in [5, 5.41) is 2.08. The second-order valence-corrected chi connectivity index (χ2v) is 4.16. The van der Waals surface area contributed by atoms with Gasteiger partial charge in [-0.1, -0.05) is 0 Å². The zero-order valence-electron chi connectivity index (χ0n) is 8.24. The van der Waals surface area contributed by atoms with Crippen LogP contribution in [-0.2, 0) is 4.74 Å². The molecule has 2 heterocycles. The van der Waals surface area contributed by atoms with Crippen LogP contribution in [0.1, 0.15) is 0 Å². The van der Waals surface area contributed by atoms with Crippen LogP contribution < -0.4 is 11.2 Å². The normalized spacial score (nSPS) is 17.7. The van der Waals surface area contributed by atoms with Crippen LogP contribution in [0.4, 0.5) is 11.5 Å². The SMILES string of the molecule is Nc1cnc(NN2CCOCC2)c(Br)c1. The van der Waals surface area contributed by atoms with E-state index in [0.717, 1.165) is 36.6 Å². The average Bonchev–Trinajstić information content (AvgIpc) is 2.24. The van der Waals surface area contributed by atoms with Gasteiger partial charge >= 0.3 is 0 Å². The van der Waals surface area contributed by atoms with E-state index in [1.54, 1.807) is 6.20 Å². The highest BCUT2D eigenvalue weighted by Crippen LogP contribution is 2.22. The van der Waals surface area contributed by atoms with Crippen LogP contribution in [0, 0.1) is 0 Å². The fourth-order valence-corrected chi connectivity index (χ4v) is 1.82. The van der Waals surface area contributed by atoms with Gasteiger partial charge in [-0.2, -0.15) is 0 Å². The second kappa shape index (κ2) is 4.78. The van der Waals surface area contributed by atoms with Crippen LogP contribution >= 0.6 is 15.9 Å². The van der Waals surface area contributed by atoms with Gasteiger partial charge in [-0.3, -0.25) is 0 Å². The van der Waals surface area contributed by atoms with E-state index in [1.165, 1.54) is 0 Å². The monoisotopic (exact) mass is 272 g/mol. The number of nitrogen functional groups attached to an aromatic ring is 1. The third-order valence-electron chi connectivity index (χ3n) is 2.14. The molecule has 3 N–H and O–H groups in total. The number of nitrogens with one attached hydrogen (secondary N) is 1. The van der Waals surface area contributed by atoms with E-state index < -0.39 is 0 Å². The Morgan fingerprint density at radius 2 is 2.20 bits per heavy atom. The van der Waals surface area contributed by atoms with Gasteiger partial charge in [-0.05, 0) is 22.0 Å². The number of nitrogens with zero attached hydrogens (tertiary/aromatic N) is 2. The third kappa shape index (κ3) is 2.80. The summed E-state index contributed by atoms with van der Waals surface area (Å²) in [5.41, 5.74) is 9.47. The Hall–Kier alpha value is -0.850. The number of nitrogens with two attached hydrogens (primary N) is 1. The first-order valence-corrected chi connectivity index (χ1v) is 5.55. The van der Waals surface area contributed by atoms with Gasteiger partial charge < -0.3 is 15.9 Å². The zero-order valence-corrected chi connectivity index (χ0v) is 9.83. The second-order valence-electron chi connectivity index (χ2n) is 3.31. The van der Waals surface area contributed by atoms with E-state index in [4.69, 9.17) is 10.5 Å². The van der Waals surface area contributed by atoms with Crippen molar-refractivity contribution in [3.05, 3.63) is 16.7 Å². The summed E-state index contributed by atoms with van der Waals surface area (Å²) in [5.74, 6) is 0.783. The molecule has 1 saturated heterocycles. The van der Waals surface area contributed by atoms with Gasteiger partial charge in [0.15, 0.2) is 5.82 Å². The van der Waals surface area contributed by atoms with Crippen LogP contribution in [0.5, 0.6) is 0 Å². The number of aromatic nitrogens is 1. The van der Waals surface area contributed by atoms with Crippen LogP contribution in [0.3, 0.4) is 0 Å². The molecule has 0 atom stereocenters. The number of morpholine rings is 1. The van der Waals surface area contributed by atoms with Gasteiger partial charge in [0, 0.05) is 13.1 Å². The minimum Gasteiger partial charge on any atom is -0.397 e. The molecular weight excluding hydrogens is 260 g/mol. The van der Waals surface area contributed by atoms with Gasteiger partial charge in [-0.15, -0.1) is 0 Å². The van der Waals surface area contributed by atoms with Crippen LogP contribution in [-0.4, -0.2) is 36.3 Å². The Kier molecular flexibility index (Phi) is 3.40. The van der Waals surface area contributed by atoms with Crippen molar-refractivity contribution in [1.82, 2.24) is 9.99 Å². The van der Waals surface area contributed by atoms with Crippen molar-refractivity contribution in [3.8, 4) is 0 Å². The van der Waals surface area contributed by atoms with Crippen molar-refractivity contribution in [2.75, 3.05) is 37.5 Å². The first-order chi connectivity index (χ1) is 7.25. The fraction of sp³-hybridized carbons (Fsp3) is 0.444. The highest BCUT2D eigenvalue weighted by atomic mass is 79.9. The number of anilines is 2. The first-order valence-electron chi connectivity index (χ1n) is 4.76. The Bertz CT molecular complexity index is 341. The third-order valence-corrected chi connectivity index (χ3v) is 2.74. The predicted octanol–water partition coefficient (Wildman–Crippen LogP) is 1.09. The van der Waals surface area contributed by atoms with Crippen molar-refractivity contribution >= 4 is 27.4 Å². The van der Waals surface area contributed by atoms with Gasteiger partial charge in [0.25, 0.3) is 0 Å². The maximum absolute atomic E-state index is 5.61. The maximum Gasteiger partial charge on any atom is 0.154 e. The molecule has 1 aromatic rings. The maximum atomic E-state index is 5.61. The number of halogens is 1. The summed E-state index contributed by atoms with van der Waals surface area (Å²) in [7, 11) is 0. The van der Waals surface area contributed by atoms with Crippen molar-refractivity contribution in [2.45, 2.75) is 0 Å². The molecule has 2 rings (SSSR count). The number of hydrogen-bond acceptors (Lipinski definition) is 5. The summed E-state index contributed by atoms with van der Waals surface area (Å²) in [4.78, 5) is 4.21. The molecule has 0 radical (unpaired) electrons. The molecule has 0 bridgehead atoms. The molecule has 0 amide bonds. The van der Waals surface area contributed by atoms with E-state index >= 15 is 0 Å². The van der Waals surface area contributed by atoms with Crippen molar-refractivity contribution in [2.24, 2.45) is 0 Å². The van der Waals surface area contributed by atoms with Crippen LogP contribution in [0.25, 0.3) is 0 Å². The zero-order chi connectivity index (χ0) is 10.7. The molecule has 1 aliphatic heterocycles. The summed E-state index contributed by atoms with van der Waals surface area (Å²) >= 11 is 3.41. The Balaban J connectivity index is 2.03. The predicted molar refractivity (Wildman–Crippen MR) is 62.4 cm³/mol. The minimum absolute atomic E-state index is 0.648. The number of hydrazine groups is 1. The largest absolute Gasteiger partial charge is 0.397 e. The number of pyridine rings is 1.